The van der Waals surface area contributed by atoms with Crippen molar-refractivity contribution in [3.05, 3.63) is 56.0 Å². The van der Waals surface area contributed by atoms with Gasteiger partial charge in [-0.2, -0.15) is 0 Å². The molecule has 0 heterocycles. The molecule has 18 heavy (non-hydrogen) atoms. The summed E-state index contributed by atoms with van der Waals surface area (Å²) >= 11 is 24.4. The van der Waals surface area contributed by atoms with Crippen LogP contribution in [-0.2, 0) is 6.54 Å². The van der Waals surface area contributed by atoms with Crippen molar-refractivity contribution in [2.24, 2.45) is 5.73 Å². The van der Waals surface area contributed by atoms with Crippen molar-refractivity contribution in [2.45, 2.75) is 6.54 Å². The smallest absolute Gasteiger partial charge is 0.0672 e. The molecule has 2 rings (SSSR count). The maximum Gasteiger partial charge on any atom is 0.0672 e. The molecule has 2 N–H and O–H groups in total. The predicted molar refractivity (Wildman–Crippen MR) is 79.8 cm³/mol. The van der Waals surface area contributed by atoms with Crippen LogP contribution in [-0.4, -0.2) is 0 Å². The van der Waals surface area contributed by atoms with E-state index in [1.54, 1.807) is 18.2 Å². The molecule has 0 spiro atoms. The van der Waals surface area contributed by atoms with Crippen LogP contribution in [0.3, 0.4) is 0 Å². The number of hydrogen-bond acceptors (Lipinski definition) is 1. The first-order valence-corrected chi connectivity index (χ1v) is 6.67. The standard InChI is InChI=1S/C13H9Cl4N/c14-8-4-10(13(17)12(16)5-8)9-3-7(6-18)1-2-11(9)15/h1-5H,6,18H2. The second-order valence-corrected chi connectivity index (χ2v) is 5.40. The first kappa shape index (κ1) is 14.0. The van der Waals surface area contributed by atoms with Crippen molar-refractivity contribution in [2.75, 3.05) is 0 Å². The Kier molecular flexibility index (Phi) is 4.41. The van der Waals surface area contributed by atoms with Gasteiger partial charge in [-0.3, -0.25) is 0 Å². The Labute approximate surface area is 125 Å². The lowest BCUT2D eigenvalue weighted by Gasteiger charge is -2.10. The number of hydrogen-bond donors (Lipinski definition) is 1. The Morgan fingerprint density at radius 3 is 2.22 bits per heavy atom. The third kappa shape index (κ3) is 2.76. The van der Waals surface area contributed by atoms with Crippen molar-refractivity contribution in [3.63, 3.8) is 0 Å². The van der Waals surface area contributed by atoms with E-state index in [1.807, 2.05) is 12.1 Å². The van der Waals surface area contributed by atoms with Crippen LogP contribution >= 0.6 is 46.4 Å². The number of benzene rings is 2. The fourth-order valence-electron chi connectivity index (χ4n) is 1.66. The van der Waals surface area contributed by atoms with E-state index in [0.29, 0.717) is 32.2 Å². The predicted octanol–water partition coefficient (Wildman–Crippen LogP) is 5.43. The van der Waals surface area contributed by atoms with Crippen LogP contribution in [0.15, 0.2) is 30.3 Å². The molecule has 0 bridgehead atoms. The molecule has 0 aliphatic carbocycles. The van der Waals surface area contributed by atoms with Gasteiger partial charge in [-0.05, 0) is 29.8 Å². The lowest BCUT2D eigenvalue weighted by atomic mass is 10.0. The molecule has 1 nitrogen and oxygen atoms in total. The highest BCUT2D eigenvalue weighted by atomic mass is 35.5. The van der Waals surface area contributed by atoms with Crippen molar-refractivity contribution in [1.82, 2.24) is 0 Å². The highest BCUT2D eigenvalue weighted by Gasteiger charge is 2.12. The molecule has 0 fully saturated rings. The van der Waals surface area contributed by atoms with Crippen molar-refractivity contribution >= 4 is 46.4 Å². The van der Waals surface area contributed by atoms with Crippen molar-refractivity contribution in [1.29, 1.82) is 0 Å². The van der Waals surface area contributed by atoms with Crippen LogP contribution < -0.4 is 5.73 Å². The van der Waals surface area contributed by atoms with Gasteiger partial charge in [0.1, 0.15) is 0 Å². The SMILES string of the molecule is NCc1ccc(Cl)c(-c2cc(Cl)cc(Cl)c2Cl)c1. The van der Waals surface area contributed by atoms with Gasteiger partial charge >= 0.3 is 0 Å². The van der Waals surface area contributed by atoms with Crippen LogP contribution in [0.2, 0.25) is 20.1 Å². The first-order chi connectivity index (χ1) is 8.52. The van der Waals surface area contributed by atoms with E-state index in [1.165, 1.54) is 0 Å². The van der Waals surface area contributed by atoms with E-state index in [0.717, 1.165) is 11.1 Å². The highest BCUT2D eigenvalue weighted by Crippen LogP contribution is 2.39. The second kappa shape index (κ2) is 5.68. The molecule has 5 heteroatoms. The van der Waals surface area contributed by atoms with Crippen LogP contribution in [0.1, 0.15) is 5.56 Å². The third-order valence-electron chi connectivity index (χ3n) is 2.55. The fourth-order valence-corrected chi connectivity index (χ4v) is 2.58. The van der Waals surface area contributed by atoms with E-state index in [-0.39, 0.29) is 0 Å². The zero-order valence-corrected chi connectivity index (χ0v) is 12.2. The lowest BCUT2D eigenvalue weighted by Crippen LogP contribution is -1.96. The molecule has 2 aromatic rings. The van der Waals surface area contributed by atoms with Crippen molar-refractivity contribution in [3.8, 4) is 11.1 Å². The molecule has 0 saturated heterocycles. The molecule has 2 aromatic carbocycles. The number of halogens is 4. The van der Waals surface area contributed by atoms with E-state index >= 15 is 0 Å². The van der Waals surface area contributed by atoms with E-state index in [2.05, 4.69) is 0 Å². The minimum absolute atomic E-state index is 0.397. The van der Waals surface area contributed by atoms with Gasteiger partial charge < -0.3 is 5.73 Å². The van der Waals surface area contributed by atoms with Gasteiger partial charge in [-0.25, -0.2) is 0 Å². The summed E-state index contributed by atoms with van der Waals surface area (Å²) in [5.41, 5.74) is 8.05. The summed E-state index contributed by atoms with van der Waals surface area (Å²) < 4.78 is 0. The van der Waals surface area contributed by atoms with E-state index < -0.39 is 0 Å². The zero-order chi connectivity index (χ0) is 13.3. The summed E-state index contributed by atoms with van der Waals surface area (Å²) in [4.78, 5) is 0. The third-order valence-corrected chi connectivity index (χ3v) is 3.90. The Bertz CT molecular complexity index is 596. The van der Waals surface area contributed by atoms with Crippen LogP contribution in [0.4, 0.5) is 0 Å². The summed E-state index contributed by atoms with van der Waals surface area (Å²) in [5.74, 6) is 0. The number of nitrogens with two attached hydrogens (primary N) is 1. The Morgan fingerprint density at radius 2 is 1.56 bits per heavy atom. The van der Waals surface area contributed by atoms with Gasteiger partial charge in [-0.1, -0.05) is 52.5 Å². The summed E-state index contributed by atoms with van der Waals surface area (Å²) in [6.07, 6.45) is 0. The molecule has 0 atom stereocenters. The minimum atomic E-state index is 0.397. The monoisotopic (exact) mass is 319 g/mol. The van der Waals surface area contributed by atoms with Gasteiger partial charge in [0.05, 0.1) is 10.0 Å². The molecule has 0 saturated carbocycles. The molecule has 94 valence electrons. The van der Waals surface area contributed by atoms with E-state index in [9.17, 15) is 0 Å². The molecule has 0 amide bonds. The Balaban J connectivity index is 2.68. The molecule has 0 aliphatic heterocycles. The summed E-state index contributed by atoms with van der Waals surface area (Å²) in [7, 11) is 0. The largest absolute Gasteiger partial charge is 0.326 e. The molecule has 0 radical (unpaired) electrons. The minimum Gasteiger partial charge on any atom is -0.326 e. The van der Waals surface area contributed by atoms with Gasteiger partial charge in [0.15, 0.2) is 0 Å². The molecule has 0 aromatic heterocycles. The quantitative estimate of drug-likeness (QED) is 0.734. The zero-order valence-electron chi connectivity index (χ0n) is 9.18. The summed E-state index contributed by atoms with van der Waals surface area (Å²) in [5, 5.41) is 1.91. The summed E-state index contributed by atoms with van der Waals surface area (Å²) in [6, 6.07) is 8.86. The highest BCUT2D eigenvalue weighted by molar-refractivity contribution is 6.45. The lowest BCUT2D eigenvalue weighted by molar-refractivity contribution is 1.07. The molecule has 0 aliphatic rings. The first-order valence-electron chi connectivity index (χ1n) is 5.16. The molecular formula is C13H9Cl4N. The van der Waals surface area contributed by atoms with Gasteiger partial charge in [0.2, 0.25) is 0 Å². The topological polar surface area (TPSA) is 26.0 Å². The Morgan fingerprint density at radius 1 is 0.833 bits per heavy atom. The number of rotatable bonds is 2. The van der Waals surface area contributed by atoms with Gasteiger partial charge in [0, 0.05) is 27.7 Å². The normalized spacial score (nSPS) is 10.7. The maximum atomic E-state index is 6.19. The summed E-state index contributed by atoms with van der Waals surface area (Å²) in [6.45, 7) is 0.427. The van der Waals surface area contributed by atoms with Crippen molar-refractivity contribution < 1.29 is 0 Å². The van der Waals surface area contributed by atoms with Gasteiger partial charge in [0.25, 0.3) is 0 Å². The van der Waals surface area contributed by atoms with E-state index in [4.69, 9.17) is 52.1 Å². The van der Waals surface area contributed by atoms with Gasteiger partial charge in [-0.15, -0.1) is 0 Å². The van der Waals surface area contributed by atoms with Crippen LogP contribution in [0, 0.1) is 0 Å². The van der Waals surface area contributed by atoms with Crippen LogP contribution in [0.25, 0.3) is 11.1 Å². The second-order valence-electron chi connectivity index (χ2n) is 3.77. The molecular weight excluding hydrogens is 312 g/mol. The fraction of sp³-hybridized carbons (Fsp3) is 0.0769. The Hall–Kier alpha value is -0.440. The average molecular weight is 321 g/mol. The molecule has 0 unspecified atom stereocenters. The maximum absolute atomic E-state index is 6.19. The average Bonchev–Trinajstić information content (AvgIpc) is 2.34. The van der Waals surface area contributed by atoms with Crippen LogP contribution in [0.5, 0.6) is 0 Å².